The summed E-state index contributed by atoms with van der Waals surface area (Å²) in [5.74, 6) is -0.158. The van der Waals surface area contributed by atoms with Gasteiger partial charge in [-0.15, -0.1) is 0 Å². The molecule has 0 radical (unpaired) electrons. The Morgan fingerprint density at radius 2 is 1.78 bits per heavy atom. The summed E-state index contributed by atoms with van der Waals surface area (Å²) in [6.07, 6.45) is 4.36. The summed E-state index contributed by atoms with van der Waals surface area (Å²) in [4.78, 5) is 34.8. The third-order valence-electron chi connectivity index (χ3n) is 4.33. The van der Waals surface area contributed by atoms with Gasteiger partial charge in [-0.1, -0.05) is 12.1 Å². The average Bonchev–Trinajstić information content (AvgIpc) is 2.73. The van der Waals surface area contributed by atoms with Gasteiger partial charge in [0.25, 0.3) is 17.7 Å². The van der Waals surface area contributed by atoms with Crippen LogP contribution in [-0.2, 0) is 4.74 Å². The van der Waals surface area contributed by atoms with Crippen molar-refractivity contribution < 1.29 is 23.8 Å². The van der Waals surface area contributed by atoms with E-state index in [-0.39, 0.29) is 17.6 Å². The summed E-state index contributed by atoms with van der Waals surface area (Å²) >= 11 is 0. The van der Waals surface area contributed by atoms with Crippen LogP contribution >= 0.6 is 0 Å². The van der Waals surface area contributed by atoms with Gasteiger partial charge in [0.05, 0.1) is 31.9 Å². The second-order valence-corrected chi connectivity index (χ2v) is 6.04. The predicted molar refractivity (Wildman–Crippen MR) is 95.9 cm³/mol. The highest BCUT2D eigenvalue weighted by molar-refractivity contribution is 6.05. The number of nitrogens with zero attached hydrogens (tertiary/aromatic N) is 3. The van der Waals surface area contributed by atoms with Crippen LogP contribution in [0.5, 0.6) is 11.8 Å². The van der Waals surface area contributed by atoms with E-state index in [4.69, 9.17) is 14.2 Å². The maximum atomic E-state index is 13.0. The second-order valence-electron chi connectivity index (χ2n) is 6.04. The molecule has 1 unspecified atom stereocenters. The van der Waals surface area contributed by atoms with Gasteiger partial charge in [-0.3, -0.25) is 4.79 Å². The Balaban J connectivity index is 1.75. The van der Waals surface area contributed by atoms with E-state index in [0.29, 0.717) is 30.4 Å². The Morgan fingerprint density at radius 1 is 1.07 bits per heavy atom. The van der Waals surface area contributed by atoms with Crippen molar-refractivity contribution >= 4 is 11.9 Å². The molecule has 0 N–H and O–H groups in total. The number of carbonyl (C=O) groups is 2. The predicted octanol–water partition coefficient (Wildman–Crippen LogP) is 1.96. The molecule has 1 amide bonds. The van der Waals surface area contributed by atoms with E-state index in [1.807, 2.05) is 0 Å². The van der Waals surface area contributed by atoms with E-state index >= 15 is 0 Å². The molecule has 1 fully saturated rings. The fourth-order valence-electron chi connectivity index (χ4n) is 3.04. The fraction of sp³-hybridized carbons (Fsp3) is 0.368. The maximum absolute atomic E-state index is 13.0. The number of rotatable bonds is 5. The molecule has 2 heterocycles. The number of hydrogen-bond donors (Lipinski definition) is 0. The Morgan fingerprint density at radius 3 is 2.48 bits per heavy atom. The van der Waals surface area contributed by atoms with Gasteiger partial charge >= 0.3 is 5.97 Å². The Kier molecular flexibility index (Phi) is 5.85. The quantitative estimate of drug-likeness (QED) is 0.742. The first-order valence-corrected chi connectivity index (χ1v) is 8.62. The van der Waals surface area contributed by atoms with Crippen LogP contribution in [-0.4, -0.2) is 60.2 Å². The van der Waals surface area contributed by atoms with Crippen LogP contribution in [0.25, 0.3) is 0 Å². The summed E-state index contributed by atoms with van der Waals surface area (Å²) in [5, 5.41) is 0. The summed E-state index contributed by atoms with van der Waals surface area (Å²) in [6.45, 7) is 0.972. The van der Waals surface area contributed by atoms with E-state index in [9.17, 15) is 9.59 Å². The van der Waals surface area contributed by atoms with Crippen molar-refractivity contribution in [1.82, 2.24) is 14.9 Å². The Labute approximate surface area is 157 Å². The number of likely N-dealkylation sites (tertiary alicyclic amines) is 1. The molecule has 3 rings (SSSR count). The van der Waals surface area contributed by atoms with Crippen LogP contribution in [0.15, 0.2) is 36.7 Å². The molecule has 1 aliphatic heterocycles. The highest BCUT2D eigenvalue weighted by Gasteiger charge is 2.29. The van der Waals surface area contributed by atoms with Gasteiger partial charge in [-0.25, -0.2) is 14.8 Å². The third-order valence-corrected chi connectivity index (χ3v) is 4.33. The zero-order valence-electron chi connectivity index (χ0n) is 15.3. The molecule has 1 aromatic carbocycles. The van der Waals surface area contributed by atoms with Gasteiger partial charge in [0.2, 0.25) is 0 Å². The minimum Gasteiger partial charge on any atom is -0.477 e. The zero-order valence-corrected chi connectivity index (χ0v) is 15.3. The highest BCUT2D eigenvalue weighted by Crippen LogP contribution is 2.25. The van der Waals surface area contributed by atoms with Crippen molar-refractivity contribution in [3.63, 3.8) is 0 Å². The molecule has 1 saturated heterocycles. The number of hydrogen-bond acceptors (Lipinski definition) is 7. The first-order valence-electron chi connectivity index (χ1n) is 8.62. The van der Waals surface area contributed by atoms with E-state index in [2.05, 4.69) is 9.97 Å². The molecule has 8 heteroatoms. The van der Waals surface area contributed by atoms with E-state index < -0.39 is 5.97 Å². The SMILES string of the molecule is COC(=O)c1ccccc1C(=O)N1CCCC(Oc2nccnc2OC)C1. The smallest absolute Gasteiger partial charge is 0.338 e. The van der Waals surface area contributed by atoms with E-state index in [1.54, 1.807) is 29.2 Å². The minimum atomic E-state index is -0.534. The molecule has 2 aromatic rings. The second kappa shape index (κ2) is 8.48. The lowest BCUT2D eigenvalue weighted by Gasteiger charge is -2.33. The van der Waals surface area contributed by atoms with Crippen LogP contribution in [0.3, 0.4) is 0 Å². The minimum absolute atomic E-state index is 0.226. The number of aromatic nitrogens is 2. The van der Waals surface area contributed by atoms with Gasteiger partial charge in [0.1, 0.15) is 6.10 Å². The third kappa shape index (κ3) is 4.16. The molecule has 8 nitrogen and oxygen atoms in total. The Bertz CT molecular complexity index is 826. The lowest BCUT2D eigenvalue weighted by Crippen LogP contribution is -2.44. The average molecular weight is 371 g/mol. The van der Waals surface area contributed by atoms with Gasteiger partial charge < -0.3 is 19.1 Å². The number of methoxy groups -OCH3 is 2. The highest BCUT2D eigenvalue weighted by atomic mass is 16.5. The number of ether oxygens (including phenoxy) is 3. The summed E-state index contributed by atoms with van der Waals surface area (Å²) in [5.41, 5.74) is 0.575. The van der Waals surface area contributed by atoms with Crippen LogP contribution in [0, 0.1) is 0 Å². The number of esters is 1. The molecular weight excluding hydrogens is 350 g/mol. The zero-order chi connectivity index (χ0) is 19.2. The molecule has 1 aliphatic rings. The van der Waals surface area contributed by atoms with Gasteiger partial charge in [0.15, 0.2) is 0 Å². The molecule has 0 aliphatic carbocycles. The van der Waals surface area contributed by atoms with Gasteiger partial charge in [-0.05, 0) is 25.0 Å². The van der Waals surface area contributed by atoms with Crippen molar-refractivity contribution in [2.75, 3.05) is 27.3 Å². The van der Waals surface area contributed by atoms with Crippen molar-refractivity contribution in [2.24, 2.45) is 0 Å². The van der Waals surface area contributed by atoms with Gasteiger partial charge in [0, 0.05) is 18.9 Å². The van der Waals surface area contributed by atoms with Crippen molar-refractivity contribution in [1.29, 1.82) is 0 Å². The summed E-state index contributed by atoms with van der Waals surface area (Å²) in [7, 11) is 2.79. The lowest BCUT2D eigenvalue weighted by atomic mass is 10.0. The molecule has 0 spiro atoms. The van der Waals surface area contributed by atoms with E-state index in [1.165, 1.54) is 26.6 Å². The van der Waals surface area contributed by atoms with Crippen LogP contribution < -0.4 is 9.47 Å². The molecule has 27 heavy (non-hydrogen) atoms. The molecular formula is C19H21N3O5. The Hall–Kier alpha value is -3.16. The monoisotopic (exact) mass is 371 g/mol. The fourth-order valence-corrected chi connectivity index (χ4v) is 3.04. The van der Waals surface area contributed by atoms with Crippen LogP contribution in [0.2, 0.25) is 0 Å². The lowest BCUT2D eigenvalue weighted by molar-refractivity contribution is 0.0505. The number of amides is 1. The maximum Gasteiger partial charge on any atom is 0.338 e. The number of carbonyl (C=O) groups excluding carboxylic acids is 2. The molecule has 1 atom stereocenters. The molecule has 142 valence electrons. The van der Waals surface area contributed by atoms with Gasteiger partial charge in [-0.2, -0.15) is 0 Å². The largest absolute Gasteiger partial charge is 0.477 e. The number of piperidine rings is 1. The summed E-state index contributed by atoms with van der Waals surface area (Å²) < 4.78 is 15.8. The topological polar surface area (TPSA) is 90.9 Å². The first kappa shape index (κ1) is 18.6. The molecule has 0 bridgehead atoms. The van der Waals surface area contributed by atoms with Crippen molar-refractivity contribution in [3.05, 3.63) is 47.8 Å². The molecule has 1 aromatic heterocycles. The normalized spacial score (nSPS) is 16.5. The van der Waals surface area contributed by atoms with Crippen LogP contribution in [0.1, 0.15) is 33.6 Å². The van der Waals surface area contributed by atoms with Crippen molar-refractivity contribution in [3.8, 4) is 11.8 Å². The van der Waals surface area contributed by atoms with Crippen LogP contribution in [0.4, 0.5) is 0 Å². The summed E-state index contributed by atoms with van der Waals surface area (Å²) in [6, 6.07) is 6.64. The van der Waals surface area contributed by atoms with E-state index in [0.717, 1.165) is 12.8 Å². The first-order chi connectivity index (χ1) is 13.1. The standard InChI is InChI=1S/C19H21N3O5/c1-25-16-17(21-10-9-20-16)27-13-6-5-11-22(12-13)18(23)14-7-3-4-8-15(14)19(24)26-2/h3-4,7-10,13H,5-6,11-12H2,1-2H3. The number of benzene rings is 1. The van der Waals surface area contributed by atoms with Crippen molar-refractivity contribution in [2.45, 2.75) is 18.9 Å². The molecule has 0 saturated carbocycles.